The van der Waals surface area contributed by atoms with Crippen LogP contribution in [0.2, 0.25) is 0 Å². The van der Waals surface area contributed by atoms with E-state index >= 15 is 0 Å². The normalized spacial score (nSPS) is 14.5. The standard InChI is InChI=1S/C27H36N2O4/c1-5-24(27(31)28-22-10-6-7-11-22)29(17-21-9-8-12-23(16-21)32-4)26(30)18-33-25-14-13-19(2)15-20(25)3/h8-9,12-16,22,24H,5-7,10-11,17-18H2,1-4H3,(H,28,31)/t24-/m0/s1. The van der Waals surface area contributed by atoms with Crippen LogP contribution in [-0.4, -0.2) is 42.5 Å². The van der Waals surface area contributed by atoms with E-state index < -0.39 is 6.04 Å². The molecule has 2 aromatic rings. The van der Waals surface area contributed by atoms with Gasteiger partial charge in [0.15, 0.2) is 6.61 Å². The summed E-state index contributed by atoms with van der Waals surface area (Å²) in [6.07, 6.45) is 4.80. The van der Waals surface area contributed by atoms with Gasteiger partial charge in [-0.2, -0.15) is 0 Å². The molecule has 2 amide bonds. The van der Waals surface area contributed by atoms with Gasteiger partial charge in [-0.05, 0) is 62.4 Å². The van der Waals surface area contributed by atoms with Crippen LogP contribution in [-0.2, 0) is 16.1 Å². The molecule has 3 rings (SSSR count). The summed E-state index contributed by atoms with van der Waals surface area (Å²) in [6.45, 7) is 6.11. The van der Waals surface area contributed by atoms with Gasteiger partial charge in [-0.25, -0.2) is 0 Å². The van der Waals surface area contributed by atoms with E-state index in [2.05, 4.69) is 5.32 Å². The number of nitrogens with one attached hydrogen (secondary N) is 1. The Bertz CT molecular complexity index is 953. The van der Waals surface area contributed by atoms with Gasteiger partial charge in [-0.3, -0.25) is 9.59 Å². The van der Waals surface area contributed by atoms with E-state index in [0.717, 1.165) is 48.1 Å². The molecule has 2 aromatic carbocycles. The van der Waals surface area contributed by atoms with Crippen LogP contribution in [0.4, 0.5) is 0 Å². The maximum absolute atomic E-state index is 13.4. The number of nitrogens with zero attached hydrogens (tertiary/aromatic N) is 1. The summed E-state index contributed by atoms with van der Waals surface area (Å²) in [6, 6.07) is 13.1. The lowest BCUT2D eigenvalue weighted by Gasteiger charge is -2.31. The van der Waals surface area contributed by atoms with Crippen LogP contribution in [0.25, 0.3) is 0 Å². The second-order valence-corrected chi connectivity index (χ2v) is 8.84. The zero-order valence-electron chi connectivity index (χ0n) is 20.2. The van der Waals surface area contributed by atoms with Crippen LogP contribution >= 0.6 is 0 Å². The highest BCUT2D eigenvalue weighted by molar-refractivity contribution is 5.88. The molecule has 1 atom stereocenters. The summed E-state index contributed by atoms with van der Waals surface area (Å²) in [5.74, 6) is 1.09. The summed E-state index contributed by atoms with van der Waals surface area (Å²) in [5.41, 5.74) is 3.02. The third-order valence-electron chi connectivity index (χ3n) is 6.26. The van der Waals surface area contributed by atoms with Crippen molar-refractivity contribution in [2.75, 3.05) is 13.7 Å². The molecule has 0 aliphatic heterocycles. The molecule has 1 fully saturated rings. The molecule has 1 saturated carbocycles. The summed E-state index contributed by atoms with van der Waals surface area (Å²) >= 11 is 0. The first-order valence-electron chi connectivity index (χ1n) is 11.8. The Morgan fingerprint density at radius 2 is 1.88 bits per heavy atom. The molecule has 0 aromatic heterocycles. The van der Waals surface area contributed by atoms with Crippen molar-refractivity contribution in [3.63, 3.8) is 0 Å². The van der Waals surface area contributed by atoms with Crippen LogP contribution in [0.5, 0.6) is 11.5 Å². The SMILES string of the molecule is CC[C@@H](C(=O)NC1CCCC1)N(Cc1cccc(OC)c1)C(=O)COc1ccc(C)cc1C. The molecule has 6 nitrogen and oxygen atoms in total. The maximum Gasteiger partial charge on any atom is 0.261 e. The highest BCUT2D eigenvalue weighted by atomic mass is 16.5. The third-order valence-corrected chi connectivity index (χ3v) is 6.26. The number of benzene rings is 2. The van der Waals surface area contributed by atoms with Crippen LogP contribution < -0.4 is 14.8 Å². The molecule has 0 radical (unpaired) electrons. The number of aryl methyl sites for hydroxylation is 2. The van der Waals surface area contributed by atoms with Crippen molar-refractivity contribution in [1.29, 1.82) is 0 Å². The first kappa shape index (κ1) is 24.6. The molecule has 0 heterocycles. The number of hydrogen-bond donors (Lipinski definition) is 1. The molecule has 0 bridgehead atoms. The van der Waals surface area contributed by atoms with Gasteiger partial charge in [0.05, 0.1) is 7.11 Å². The molecule has 178 valence electrons. The summed E-state index contributed by atoms with van der Waals surface area (Å²) in [5, 5.41) is 3.16. The van der Waals surface area contributed by atoms with E-state index in [1.54, 1.807) is 12.0 Å². The van der Waals surface area contributed by atoms with E-state index in [-0.39, 0.29) is 24.5 Å². The molecule has 0 unspecified atom stereocenters. The van der Waals surface area contributed by atoms with Crippen molar-refractivity contribution >= 4 is 11.8 Å². The third kappa shape index (κ3) is 6.73. The molecule has 33 heavy (non-hydrogen) atoms. The van der Waals surface area contributed by atoms with Gasteiger partial charge in [0.1, 0.15) is 17.5 Å². The number of carbonyl (C=O) groups excluding carboxylic acids is 2. The molecule has 1 aliphatic rings. The Labute approximate surface area is 197 Å². The average Bonchev–Trinajstić information content (AvgIpc) is 3.31. The van der Waals surface area contributed by atoms with Crippen molar-refractivity contribution in [2.45, 2.75) is 71.5 Å². The molecular formula is C27H36N2O4. The van der Waals surface area contributed by atoms with E-state index in [1.165, 1.54) is 0 Å². The quantitative estimate of drug-likeness (QED) is 0.574. The van der Waals surface area contributed by atoms with E-state index in [9.17, 15) is 9.59 Å². The fourth-order valence-electron chi connectivity index (χ4n) is 4.44. The van der Waals surface area contributed by atoms with Crippen molar-refractivity contribution < 1.29 is 19.1 Å². The minimum atomic E-state index is -0.563. The topological polar surface area (TPSA) is 67.9 Å². The second kappa shape index (κ2) is 11.7. The minimum absolute atomic E-state index is 0.0906. The predicted molar refractivity (Wildman–Crippen MR) is 129 cm³/mol. The van der Waals surface area contributed by atoms with Gasteiger partial charge in [0.2, 0.25) is 5.91 Å². The number of ether oxygens (including phenoxy) is 2. The van der Waals surface area contributed by atoms with Gasteiger partial charge in [0, 0.05) is 12.6 Å². The first-order chi connectivity index (χ1) is 15.9. The summed E-state index contributed by atoms with van der Waals surface area (Å²) < 4.78 is 11.2. The van der Waals surface area contributed by atoms with Crippen LogP contribution in [0, 0.1) is 13.8 Å². The lowest BCUT2D eigenvalue weighted by Crippen LogP contribution is -2.52. The minimum Gasteiger partial charge on any atom is -0.497 e. The number of rotatable bonds is 10. The van der Waals surface area contributed by atoms with Crippen LogP contribution in [0.3, 0.4) is 0 Å². The van der Waals surface area contributed by atoms with Crippen LogP contribution in [0.15, 0.2) is 42.5 Å². The Balaban J connectivity index is 1.79. The fraction of sp³-hybridized carbons (Fsp3) is 0.481. The lowest BCUT2D eigenvalue weighted by molar-refractivity contribution is -0.143. The zero-order chi connectivity index (χ0) is 23.8. The molecule has 1 aliphatic carbocycles. The monoisotopic (exact) mass is 452 g/mol. The average molecular weight is 453 g/mol. The Kier molecular flexibility index (Phi) is 8.75. The predicted octanol–water partition coefficient (Wildman–Crippen LogP) is 4.56. The van der Waals surface area contributed by atoms with Crippen molar-refractivity contribution in [3.05, 3.63) is 59.2 Å². The van der Waals surface area contributed by atoms with Gasteiger partial charge in [-0.15, -0.1) is 0 Å². The Morgan fingerprint density at radius 3 is 2.55 bits per heavy atom. The molecule has 0 saturated heterocycles. The highest BCUT2D eigenvalue weighted by Gasteiger charge is 2.31. The number of carbonyl (C=O) groups is 2. The van der Waals surface area contributed by atoms with Crippen molar-refractivity contribution in [1.82, 2.24) is 10.2 Å². The Hall–Kier alpha value is -3.02. The molecule has 1 N–H and O–H groups in total. The lowest BCUT2D eigenvalue weighted by atomic mass is 10.1. The first-order valence-corrected chi connectivity index (χ1v) is 11.8. The second-order valence-electron chi connectivity index (χ2n) is 8.84. The zero-order valence-corrected chi connectivity index (χ0v) is 20.2. The van der Waals surface area contributed by atoms with Gasteiger partial charge < -0.3 is 19.7 Å². The fourth-order valence-corrected chi connectivity index (χ4v) is 4.44. The summed E-state index contributed by atoms with van der Waals surface area (Å²) in [4.78, 5) is 28.2. The van der Waals surface area contributed by atoms with E-state index in [0.29, 0.717) is 18.7 Å². The number of amides is 2. The number of hydrogen-bond acceptors (Lipinski definition) is 4. The van der Waals surface area contributed by atoms with Crippen molar-refractivity contribution in [3.8, 4) is 11.5 Å². The molecule has 0 spiro atoms. The van der Waals surface area contributed by atoms with Gasteiger partial charge in [-0.1, -0.05) is 49.6 Å². The Morgan fingerprint density at radius 1 is 1.12 bits per heavy atom. The molecule has 6 heteroatoms. The molecular weight excluding hydrogens is 416 g/mol. The smallest absolute Gasteiger partial charge is 0.261 e. The largest absolute Gasteiger partial charge is 0.497 e. The van der Waals surface area contributed by atoms with Crippen LogP contribution in [0.1, 0.15) is 55.7 Å². The number of methoxy groups -OCH3 is 1. The maximum atomic E-state index is 13.4. The van der Waals surface area contributed by atoms with Gasteiger partial charge in [0.25, 0.3) is 5.91 Å². The van der Waals surface area contributed by atoms with Gasteiger partial charge >= 0.3 is 0 Å². The highest BCUT2D eigenvalue weighted by Crippen LogP contribution is 2.22. The van der Waals surface area contributed by atoms with Crippen molar-refractivity contribution in [2.24, 2.45) is 0 Å². The van der Waals surface area contributed by atoms with E-state index in [4.69, 9.17) is 9.47 Å². The summed E-state index contributed by atoms with van der Waals surface area (Å²) in [7, 11) is 1.61. The van der Waals surface area contributed by atoms with E-state index in [1.807, 2.05) is 63.2 Å².